The second-order valence-corrected chi connectivity index (χ2v) is 4.33. The molecule has 0 fully saturated rings. The van der Waals surface area contributed by atoms with Crippen LogP contribution < -0.4 is 15.2 Å². The number of nitrogens with one attached hydrogen (secondary N) is 1. The van der Waals surface area contributed by atoms with E-state index >= 15 is 0 Å². The fourth-order valence-electron chi connectivity index (χ4n) is 1.93. The standard InChI is InChI=1S/C15H15N3O2/c1-2-19-11-4-6-12(7-5-11)20-15-17-13-8-3-10(16)9-14(13)18-15/h3-9H,2,16H2,1H3,(H,17,18). The number of H-pyrrole nitrogens is 1. The third-order valence-corrected chi connectivity index (χ3v) is 2.83. The number of ether oxygens (including phenoxy) is 2. The Labute approximate surface area is 116 Å². The van der Waals surface area contributed by atoms with Gasteiger partial charge in [-0.05, 0) is 49.4 Å². The monoisotopic (exact) mass is 269 g/mol. The predicted molar refractivity (Wildman–Crippen MR) is 78.2 cm³/mol. The van der Waals surface area contributed by atoms with Gasteiger partial charge in [0.15, 0.2) is 0 Å². The highest BCUT2D eigenvalue weighted by molar-refractivity contribution is 5.79. The van der Waals surface area contributed by atoms with Crippen molar-refractivity contribution in [3.05, 3.63) is 42.5 Å². The average molecular weight is 269 g/mol. The lowest BCUT2D eigenvalue weighted by Gasteiger charge is -2.04. The van der Waals surface area contributed by atoms with E-state index in [1.54, 1.807) is 0 Å². The number of aromatic nitrogens is 2. The number of nitrogens with two attached hydrogens (primary N) is 1. The van der Waals surface area contributed by atoms with Crippen molar-refractivity contribution >= 4 is 16.7 Å². The Hall–Kier alpha value is -2.69. The maximum Gasteiger partial charge on any atom is 0.300 e. The zero-order valence-electron chi connectivity index (χ0n) is 11.1. The van der Waals surface area contributed by atoms with E-state index in [0.29, 0.717) is 24.1 Å². The van der Waals surface area contributed by atoms with Crippen molar-refractivity contribution in [2.75, 3.05) is 12.3 Å². The quantitative estimate of drug-likeness (QED) is 0.712. The minimum absolute atomic E-state index is 0.440. The van der Waals surface area contributed by atoms with E-state index in [2.05, 4.69) is 9.97 Å². The smallest absolute Gasteiger partial charge is 0.300 e. The molecule has 0 bridgehead atoms. The van der Waals surface area contributed by atoms with Crippen LogP contribution in [0.15, 0.2) is 42.5 Å². The Morgan fingerprint density at radius 2 is 1.85 bits per heavy atom. The van der Waals surface area contributed by atoms with Gasteiger partial charge in [0.1, 0.15) is 11.5 Å². The number of nitrogens with zero attached hydrogens (tertiary/aromatic N) is 1. The molecule has 0 spiro atoms. The van der Waals surface area contributed by atoms with Crippen LogP contribution in [-0.2, 0) is 0 Å². The van der Waals surface area contributed by atoms with Gasteiger partial charge in [-0.3, -0.25) is 0 Å². The highest BCUT2D eigenvalue weighted by Gasteiger charge is 2.05. The van der Waals surface area contributed by atoms with Crippen molar-refractivity contribution in [3.8, 4) is 17.5 Å². The highest BCUT2D eigenvalue weighted by atomic mass is 16.5. The molecular formula is C15H15N3O2. The average Bonchev–Trinajstić information content (AvgIpc) is 2.82. The molecule has 3 aromatic rings. The van der Waals surface area contributed by atoms with Crippen LogP contribution in [0, 0.1) is 0 Å². The summed E-state index contributed by atoms with van der Waals surface area (Å²) in [7, 11) is 0. The number of hydrogen-bond acceptors (Lipinski definition) is 4. The fraction of sp³-hybridized carbons (Fsp3) is 0.133. The normalized spacial score (nSPS) is 10.7. The molecule has 1 aromatic heterocycles. The lowest BCUT2D eigenvalue weighted by molar-refractivity contribution is 0.339. The molecule has 1 heterocycles. The van der Waals surface area contributed by atoms with E-state index in [0.717, 1.165) is 16.8 Å². The van der Waals surface area contributed by atoms with Crippen LogP contribution in [0.4, 0.5) is 5.69 Å². The summed E-state index contributed by atoms with van der Waals surface area (Å²) >= 11 is 0. The SMILES string of the molecule is CCOc1ccc(Oc2nc3ccc(N)cc3[nH]2)cc1. The first-order chi connectivity index (χ1) is 9.74. The zero-order chi connectivity index (χ0) is 13.9. The van der Waals surface area contributed by atoms with Gasteiger partial charge >= 0.3 is 0 Å². The van der Waals surface area contributed by atoms with Gasteiger partial charge in [-0.2, -0.15) is 4.98 Å². The van der Waals surface area contributed by atoms with Crippen LogP contribution in [0.25, 0.3) is 11.0 Å². The summed E-state index contributed by atoms with van der Waals surface area (Å²) in [5.74, 6) is 1.51. The number of anilines is 1. The largest absolute Gasteiger partial charge is 0.494 e. The van der Waals surface area contributed by atoms with Crippen LogP contribution in [0.5, 0.6) is 17.5 Å². The summed E-state index contributed by atoms with van der Waals surface area (Å²) in [4.78, 5) is 7.42. The molecular weight excluding hydrogens is 254 g/mol. The molecule has 0 unspecified atom stereocenters. The van der Waals surface area contributed by atoms with Crippen molar-refractivity contribution in [1.82, 2.24) is 9.97 Å². The molecule has 0 aliphatic heterocycles. The van der Waals surface area contributed by atoms with Crippen molar-refractivity contribution in [2.45, 2.75) is 6.92 Å². The molecule has 0 atom stereocenters. The Balaban J connectivity index is 1.81. The summed E-state index contributed by atoms with van der Waals surface area (Å²) in [5, 5.41) is 0. The zero-order valence-corrected chi connectivity index (χ0v) is 11.1. The molecule has 20 heavy (non-hydrogen) atoms. The van der Waals surface area contributed by atoms with Crippen LogP contribution in [-0.4, -0.2) is 16.6 Å². The molecule has 0 amide bonds. The maximum atomic E-state index is 5.73. The molecule has 3 rings (SSSR count). The van der Waals surface area contributed by atoms with Crippen LogP contribution in [0.3, 0.4) is 0 Å². The van der Waals surface area contributed by atoms with Gasteiger partial charge in [-0.25, -0.2) is 0 Å². The van der Waals surface area contributed by atoms with Crippen LogP contribution >= 0.6 is 0 Å². The molecule has 3 N–H and O–H groups in total. The summed E-state index contributed by atoms with van der Waals surface area (Å²) in [6, 6.07) is 13.3. The first-order valence-corrected chi connectivity index (χ1v) is 6.40. The molecule has 102 valence electrons. The third kappa shape index (κ3) is 2.51. The second kappa shape index (κ2) is 5.13. The molecule has 0 saturated heterocycles. The van der Waals surface area contributed by atoms with Gasteiger partial charge in [0, 0.05) is 5.69 Å². The van der Waals surface area contributed by atoms with Crippen molar-refractivity contribution in [1.29, 1.82) is 0 Å². The topological polar surface area (TPSA) is 73.2 Å². The number of imidazole rings is 1. The second-order valence-electron chi connectivity index (χ2n) is 4.33. The molecule has 0 aliphatic rings. The third-order valence-electron chi connectivity index (χ3n) is 2.83. The number of benzene rings is 2. The van der Waals surface area contributed by atoms with Gasteiger partial charge < -0.3 is 20.2 Å². The summed E-state index contributed by atoms with van der Waals surface area (Å²) < 4.78 is 11.1. The van der Waals surface area contributed by atoms with E-state index in [9.17, 15) is 0 Å². The van der Waals surface area contributed by atoms with Gasteiger partial charge in [0.05, 0.1) is 17.6 Å². The first kappa shape index (κ1) is 12.3. The van der Waals surface area contributed by atoms with Gasteiger partial charge in [-0.1, -0.05) is 0 Å². The number of fused-ring (bicyclic) bond motifs is 1. The van der Waals surface area contributed by atoms with Gasteiger partial charge in [-0.15, -0.1) is 0 Å². The van der Waals surface area contributed by atoms with Crippen molar-refractivity contribution < 1.29 is 9.47 Å². The fourth-order valence-corrected chi connectivity index (χ4v) is 1.93. The summed E-state index contributed by atoms with van der Waals surface area (Å²) in [6.07, 6.45) is 0. The van der Waals surface area contributed by atoms with E-state index in [1.807, 2.05) is 49.4 Å². The predicted octanol–water partition coefficient (Wildman–Crippen LogP) is 3.34. The molecule has 0 radical (unpaired) electrons. The summed E-state index contributed by atoms with van der Waals surface area (Å²) in [5.41, 5.74) is 8.09. The molecule has 5 heteroatoms. The highest BCUT2D eigenvalue weighted by Crippen LogP contribution is 2.24. The molecule has 5 nitrogen and oxygen atoms in total. The minimum Gasteiger partial charge on any atom is -0.494 e. The minimum atomic E-state index is 0.440. The van der Waals surface area contributed by atoms with E-state index in [-0.39, 0.29) is 0 Å². The number of rotatable bonds is 4. The molecule has 0 saturated carbocycles. The van der Waals surface area contributed by atoms with Gasteiger partial charge in [0.25, 0.3) is 6.01 Å². The van der Waals surface area contributed by atoms with E-state index in [1.165, 1.54) is 0 Å². The molecule has 0 aliphatic carbocycles. The van der Waals surface area contributed by atoms with Crippen LogP contribution in [0.1, 0.15) is 6.92 Å². The Morgan fingerprint density at radius 1 is 1.10 bits per heavy atom. The first-order valence-electron chi connectivity index (χ1n) is 6.40. The lowest BCUT2D eigenvalue weighted by atomic mass is 10.3. The number of hydrogen-bond donors (Lipinski definition) is 2. The maximum absolute atomic E-state index is 5.73. The Morgan fingerprint density at radius 3 is 2.60 bits per heavy atom. The van der Waals surface area contributed by atoms with Gasteiger partial charge in [0.2, 0.25) is 0 Å². The van der Waals surface area contributed by atoms with E-state index in [4.69, 9.17) is 15.2 Å². The van der Waals surface area contributed by atoms with Crippen molar-refractivity contribution in [3.63, 3.8) is 0 Å². The number of nitrogen functional groups attached to an aromatic ring is 1. The Kier molecular flexibility index (Phi) is 3.16. The van der Waals surface area contributed by atoms with E-state index < -0.39 is 0 Å². The lowest BCUT2D eigenvalue weighted by Crippen LogP contribution is -1.91. The van der Waals surface area contributed by atoms with Crippen LogP contribution in [0.2, 0.25) is 0 Å². The number of aromatic amines is 1. The summed E-state index contributed by atoms with van der Waals surface area (Å²) in [6.45, 7) is 2.59. The molecule has 2 aromatic carbocycles. The Bertz CT molecular complexity index is 720. The van der Waals surface area contributed by atoms with Crippen molar-refractivity contribution in [2.24, 2.45) is 0 Å².